The zero-order valence-electron chi connectivity index (χ0n) is 16.2. The highest BCUT2D eigenvalue weighted by Gasteiger charge is 2.34. The van der Waals surface area contributed by atoms with Gasteiger partial charge in [0.1, 0.15) is 5.82 Å². The summed E-state index contributed by atoms with van der Waals surface area (Å²) in [5, 5.41) is 20.5. The lowest BCUT2D eigenvalue weighted by Crippen LogP contribution is -2.45. The van der Waals surface area contributed by atoms with Gasteiger partial charge in [-0.25, -0.2) is 9.07 Å². The first-order valence-corrected chi connectivity index (χ1v) is 9.58. The first-order valence-electron chi connectivity index (χ1n) is 9.58. The van der Waals surface area contributed by atoms with Gasteiger partial charge >= 0.3 is 0 Å². The number of guanidine groups is 1. The number of aromatic nitrogens is 2. The lowest BCUT2D eigenvalue weighted by atomic mass is 9.84. The van der Waals surface area contributed by atoms with Crippen molar-refractivity contribution >= 4 is 5.96 Å². The highest BCUT2D eigenvalue weighted by molar-refractivity contribution is 5.79. The molecule has 3 rings (SSSR count). The molecule has 2 aromatic rings. The topological polar surface area (TPSA) is 83.7 Å². The lowest BCUT2D eigenvalue weighted by molar-refractivity contribution is 0.127. The van der Waals surface area contributed by atoms with Crippen molar-refractivity contribution in [3.05, 3.63) is 48.0 Å². The number of aliphatic hydroxyl groups excluding tert-OH is 1. The number of ether oxygens (including phenoxy) is 1. The van der Waals surface area contributed by atoms with Crippen molar-refractivity contribution in [1.82, 2.24) is 20.4 Å². The van der Waals surface area contributed by atoms with Gasteiger partial charge in [-0.1, -0.05) is 0 Å². The molecule has 1 aromatic carbocycles. The van der Waals surface area contributed by atoms with Crippen LogP contribution < -0.4 is 10.6 Å². The van der Waals surface area contributed by atoms with E-state index < -0.39 is 0 Å². The molecule has 1 aliphatic rings. The summed E-state index contributed by atoms with van der Waals surface area (Å²) >= 11 is 0. The number of aliphatic imine (C=N–C) groups is 1. The maximum atomic E-state index is 13.0. The summed E-state index contributed by atoms with van der Waals surface area (Å²) in [7, 11) is 1.74. The summed E-state index contributed by atoms with van der Waals surface area (Å²) in [4.78, 5) is 4.26. The number of halogens is 1. The molecule has 0 saturated carbocycles. The molecular weight excluding hydrogens is 361 g/mol. The second kappa shape index (κ2) is 9.66. The number of nitrogens with one attached hydrogen (secondary N) is 2. The van der Waals surface area contributed by atoms with Crippen LogP contribution in [-0.2, 0) is 11.2 Å². The van der Waals surface area contributed by atoms with Gasteiger partial charge < -0.3 is 20.5 Å². The van der Waals surface area contributed by atoms with Crippen LogP contribution in [-0.4, -0.2) is 60.8 Å². The van der Waals surface area contributed by atoms with E-state index in [-0.39, 0.29) is 17.8 Å². The number of rotatable bonds is 8. The third kappa shape index (κ3) is 5.30. The Morgan fingerprint density at radius 3 is 2.82 bits per heavy atom. The SMILES string of the molecule is CN=C(NCCc1ccn(-c2ccc(F)cc2)n1)NCC1(CCO)CCOC1. The largest absolute Gasteiger partial charge is 0.396 e. The highest BCUT2D eigenvalue weighted by Crippen LogP contribution is 2.31. The van der Waals surface area contributed by atoms with Crippen molar-refractivity contribution in [2.75, 3.05) is 40.0 Å². The van der Waals surface area contributed by atoms with Gasteiger partial charge in [-0.3, -0.25) is 4.99 Å². The summed E-state index contributed by atoms with van der Waals surface area (Å²) in [6.45, 7) is 2.96. The molecule has 0 radical (unpaired) electrons. The van der Waals surface area contributed by atoms with E-state index in [9.17, 15) is 9.50 Å². The summed E-state index contributed by atoms with van der Waals surface area (Å²) in [6.07, 6.45) is 4.27. The fourth-order valence-electron chi connectivity index (χ4n) is 3.35. The Hall–Kier alpha value is -2.45. The predicted molar refractivity (Wildman–Crippen MR) is 106 cm³/mol. The van der Waals surface area contributed by atoms with Crippen LogP contribution in [0.15, 0.2) is 41.5 Å². The van der Waals surface area contributed by atoms with Crippen molar-refractivity contribution in [3.63, 3.8) is 0 Å². The molecule has 1 fully saturated rings. The van der Waals surface area contributed by atoms with Crippen molar-refractivity contribution in [1.29, 1.82) is 0 Å². The van der Waals surface area contributed by atoms with Crippen molar-refractivity contribution in [2.45, 2.75) is 19.3 Å². The van der Waals surface area contributed by atoms with E-state index in [0.29, 0.717) is 19.7 Å². The summed E-state index contributed by atoms with van der Waals surface area (Å²) in [6, 6.07) is 8.20. The Kier molecular flexibility index (Phi) is 7.00. The number of benzene rings is 1. The van der Waals surface area contributed by atoms with Gasteiger partial charge in [-0.2, -0.15) is 5.10 Å². The molecule has 0 amide bonds. The zero-order chi connectivity index (χ0) is 19.8. The molecule has 8 heteroatoms. The second-order valence-corrected chi connectivity index (χ2v) is 7.11. The normalized spacial score (nSPS) is 19.8. The molecule has 7 nitrogen and oxygen atoms in total. The minimum atomic E-state index is -0.260. The van der Waals surface area contributed by atoms with Crippen LogP contribution in [0.2, 0.25) is 0 Å². The van der Waals surface area contributed by atoms with Crippen LogP contribution in [0.1, 0.15) is 18.5 Å². The van der Waals surface area contributed by atoms with Crippen molar-refractivity contribution < 1.29 is 14.2 Å². The van der Waals surface area contributed by atoms with E-state index in [1.54, 1.807) is 23.9 Å². The number of aliphatic hydroxyl groups is 1. The monoisotopic (exact) mass is 389 g/mol. The zero-order valence-corrected chi connectivity index (χ0v) is 16.2. The molecule has 3 N–H and O–H groups in total. The average molecular weight is 389 g/mol. The number of hydrogen-bond acceptors (Lipinski definition) is 4. The molecule has 1 unspecified atom stereocenters. The van der Waals surface area contributed by atoms with E-state index in [1.165, 1.54) is 12.1 Å². The quantitative estimate of drug-likeness (QED) is 0.471. The Balaban J connectivity index is 1.46. The first kappa shape index (κ1) is 20.3. The molecule has 0 bridgehead atoms. The van der Waals surface area contributed by atoms with Crippen LogP contribution in [0.3, 0.4) is 0 Å². The summed E-state index contributed by atoms with van der Waals surface area (Å²) < 4.78 is 20.3. The minimum Gasteiger partial charge on any atom is -0.396 e. The molecule has 1 aromatic heterocycles. The summed E-state index contributed by atoms with van der Waals surface area (Å²) in [5.41, 5.74) is 1.74. The van der Waals surface area contributed by atoms with Crippen molar-refractivity contribution in [3.8, 4) is 5.69 Å². The molecule has 152 valence electrons. The molecule has 1 atom stereocenters. The molecule has 2 heterocycles. The minimum absolute atomic E-state index is 0.0275. The maximum Gasteiger partial charge on any atom is 0.191 e. The van der Waals surface area contributed by atoms with Crippen LogP contribution in [0, 0.1) is 11.2 Å². The Bertz CT molecular complexity index is 769. The average Bonchev–Trinajstić information content (AvgIpc) is 3.36. The van der Waals surface area contributed by atoms with Crippen LogP contribution in [0.4, 0.5) is 4.39 Å². The molecule has 1 saturated heterocycles. The summed E-state index contributed by atoms with van der Waals surface area (Å²) in [5.74, 6) is 0.464. The standard InChI is InChI=1S/C20H28FN5O2/c1-22-19(24-14-20(8-12-27)9-13-28-15-20)23-10-6-17-7-11-26(25-17)18-4-2-16(21)3-5-18/h2-5,7,11,27H,6,8-10,12-15H2,1H3,(H2,22,23,24). The van der Waals surface area contributed by atoms with Crippen LogP contribution in [0.25, 0.3) is 5.69 Å². The van der Waals surface area contributed by atoms with E-state index >= 15 is 0 Å². The Labute approximate surface area is 164 Å². The molecule has 28 heavy (non-hydrogen) atoms. The number of hydrogen-bond donors (Lipinski definition) is 3. The van der Waals surface area contributed by atoms with E-state index in [2.05, 4.69) is 20.7 Å². The van der Waals surface area contributed by atoms with Gasteiger partial charge in [0, 0.05) is 51.4 Å². The van der Waals surface area contributed by atoms with Crippen LogP contribution in [0.5, 0.6) is 0 Å². The van der Waals surface area contributed by atoms with E-state index in [0.717, 1.165) is 43.2 Å². The van der Waals surface area contributed by atoms with Gasteiger partial charge in [0.15, 0.2) is 5.96 Å². The fraction of sp³-hybridized carbons (Fsp3) is 0.500. The number of nitrogens with zero attached hydrogens (tertiary/aromatic N) is 3. The first-order chi connectivity index (χ1) is 13.6. The van der Waals surface area contributed by atoms with Gasteiger partial charge in [0.25, 0.3) is 0 Å². The Morgan fingerprint density at radius 2 is 2.14 bits per heavy atom. The van der Waals surface area contributed by atoms with E-state index in [4.69, 9.17) is 4.74 Å². The molecular formula is C20H28FN5O2. The van der Waals surface area contributed by atoms with Crippen molar-refractivity contribution in [2.24, 2.45) is 10.4 Å². The molecule has 1 aliphatic heterocycles. The predicted octanol–water partition coefficient (Wildman–Crippen LogP) is 1.51. The van der Waals surface area contributed by atoms with E-state index in [1.807, 2.05) is 12.3 Å². The Morgan fingerprint density at radius 1 is 1.32 bits per heavy atom. The molecule has 0 aliphatic carbocycles. The van der Waals surface area contributed by atoms with Gasteiger partial charge in [-0.05, 0) is 43.2 Å². The lowest BCUT2D eigenvalue weighted by Gasteiger charge is -2.27. The smallest absolute Gasteiger partial charge is 0.191 e. The van der Waals surface area contributed by atoms with Gasteiger partial charge in [0.05, 0.1) is 18.0 Å². The van der Waals surface area contributed by atoms with Crippen LogP contribution >= 0.6 is 0 Å². The second-order valence-electron chi connectivity index (χ2n) is 7.11. The van der Waals surface area contributed by atoms with Gasteiger partial charge in [0.2, 0.25) is 0 Å². The van der Waals surface area contributed by atoms with Gasteiger partial charge in [-0.15, -0.1) is 0 Å². The fourth-order valence-corrected chi connectivity index (χ4v) is 3.35. The molecule has 0 spiro atoms. The third-order valence-corrected chi connectivity index (χ3v) is 5.09. The maximum absolute atomic E-state index is 13.0. The third-order valence-electron chi connectivity index (χ3n) is 5.09. The highest BCUT2D eigenvalue weighted by atomic mass is 19.1.